The molecular weight excluding hydrogens is 741 g/mol. The molecule has 13 nitrogen and oxygen atoms in total. The van der Waals surface area contributed by atoms with Crippen LogP contribution in [0.4, 0.5) is 33.6 Å². The normalized spacial score (nSPS) is 22.7. The maximum absolute atomic E-state index is 17.3. The summed E-state index contributed by atoms with van der Waals surface area (Å²) in [4.78, 5) is 30.7. The molecule has 3 aliphatic heterocycles. The van der Waals surface area contributed by atoms with Gasteiger partial charge in [-0.2, -0.15) is 28.2 Å². The van der Waals surface area contributed by atoms with Gasteiger partial charge in [-0.1, -0.05) is 0 Å². The molecule has 2 saturated heterocycles. The van der Waals surface area contributed by atoms with Crippen molar-refractivity contribution in [3.8, 4) is 23.1 Å². The van der Waals surface area contributed by atoms with Crippen molar-refractivity contribution in [3.63, 3.8) is 0 Å². The van der Waals surface area contributed by atoms with Crippen LogP contribution in [0.3, 0.4) is 0 Å². The number of rotatable bonds is 7. The number of carbonyl (C=O) groups is 1. The van der Waals surface area contributed by atoms with E-state index in [1.807, 2.05) is 24.8 Å². The number of fused-ring (bicyclic) bond motifs is 2. The Labute approximate surface area is 317 Å². The Bertz CT molecular complexity index is 2340. The second-order valence-electron chi connectivity index (χ2n) is 15.1. The van der Waals surface area contributed by atoms with Crippen LogP contribution in [0, 0.1) is 12.7 Å². The van der Waals surface area contributed by atoms with E-state index in [-0.39, 0.29) is 71.2 Å². The Balaban J connectivity index is 0.00000143. The van der Waals surface area contributed by atoms with Crippen molar-refractivity contribution in [1.29, 1.82) is 0 Å². The number of nitrogens with two attached hydrogens (primary N) is 1. The molecule has 0 unspecified atom stereocenters. The summed E-state index contributed by atoms with van der Waals surface area (Å²) in [6, 6.07) is 2.27. The predicted molar refractivity (Wildman–Crippen MR) is 196 cm³/mol. The van der Waals surface area contributed by atoms with Gasteiger partial charge in [-0.15, -0.1) is 0 Å². The highest BCUT2D eigenvalue weighted by Crippen LogP contribution is 2.49. The lowest BCUT2D eigenvalue weighted by Gasteiger charge is -2.35. The smallest absolute Gasteiger partial charge is 0.417 e. The second-order valence-corrected chi connectivity index (χ2v) is 15.1. The van der Waals surface area contributed by atoms with Crippen LogP contribution in [0.1, 0.15) is 80.2 Å². The molecular formula is C38H40F5N9O4. The lowest BCUT2D eigenvalue weighted by molar-refractivity contribution is -0.137. The number of ether oxygens (including phenoxy) is 2. The Morgan fingerprint density at radius 2 is 1.98 bits per heavy atom. The number of nitrogens with one attached hydrogen (secondary N) is 1. The van der Waals surface area contributed by atoms with Crippen LogP contribution in [0.5, 0.6) is 11.9 Å². The number of carboxylic acid groups (broad SMARTS) is 1. The summed E-state index contributed by atoms with van der Waals surface area (Å²) in [7, 11) is 0. The molecule has 0 spiro atoms. The van der Waals surface area contributed by atoms with Gasteiger partial charge in [0, 0.05) is 35.7 Å². The number of aromatic amines is 1. The van der Waals surface area contributed by atoms with E-state index in [1.165, 1.54) is 19.2 Å². The Kier molecular flexibility index (Phi) is 9.36. The minimum Gasteiger partial charge on any atom is -0.483 e. The minimum absolute atomic E-state index is 0.0245. The van der Waals surface area contributed by atoms with E-state index in [4.69, 9.17) is 30.1 Å². The molecule has 18 heteroatoms. The molecule has 1 aliphatic carbocycles. The van der Waals surface area contributed by atoms with Gasteiger partial charge >= 0.3 is 12.2 Å². The monoisotopic (exact) mass is 781 g/mol. The third-order valence-electron chi connectivity index (χ3n) is 11.5. The molecule has 4 aliphatic rings. The average molecular weight is 782 g/mol. The fourth-order valence-corrected chi connectivity index (χ4v) is 8.80. The van der Waals surface area contributed by atoms with Crippen molar-refractivity contribution in [2.45, 2.75) is 88.8 Å². The maximum atomic E-state index is 17.3. The fourth-order valence-electron chi connectivity index (χ4n) is 8.80. The van der Waals surface area contributed by atoms with Crippen molar-refractivity contribution in [3.05, 3.63) is 52.6 Å². The molecule has 1 aromatic carbocycles. The highest BCUT2D eigenvalue weighted by atomic mass is 19.4. The van der Waals surface area contributed by atoms with Crippen molar-refractivity contribution < 1.29 is 41.3 Å². The number of hydrogen-bond donors (Lipinski definition) is 3. The molecule has 7 heterocycles. The summed E-state index contributed by atoms with van der Waals surface area (Å²) < 4.78 is 88.9. The van der Waals surface area contributed by atoms with Gasteiger partial charge in [-0.3, -0.25) is 14.8 Å². The van der Waals surface area contributed by atoms with Crippen molar-refractivity contribution >= 4 is 39.9 Å². The van der Waals surface area contributed by atoms with E-state index in [1.54, 1.807) is 6.20 Å². The van der Waals surface area contributed by atoms with E-state index in [9.17, 15) is 17.6 Å². The number of alkyl halides is 4. The lowest BCUT2D eigenvalue weighted by Crippen LogP contribution is -2.43. The van der Waals surface area contributed by atoms with Gasteiger partial charge in [-0.05, 0) is 82.2 Å². The first-order valence-electron chi connectivity index (χ1n) is 18.5. The number of aromatic nitrogens is 6. The first-order valence-corrected chi connectivity index (χ1v) is 18.5. The molecule has 5 aromatic rings. The number of anilines is 2. The van der Waals surface area contributed by atoms with E-state index in [0.29, 0.717) is 24.7 Å². The van der Waals surface area contributed by atoms with Crippen LogP contribution in [0.15, 0.2) is 24.5 Å². The summed E-state index contributed by atoms with van der Waals surface area (Å²) in [6.45, 7) is 6.00. The number of nitrogen functional groups attached to an aromatic ring is 1. The van der Waals surface area contributed by atoms with Gasteiger partial charge < -0.3 is 25.2 Å². The predicted octanol–water partition coefficient (Wildman–Crippen LogP) is 6.89. The molecule has 0 radical (unpaired) electrons. The minimum atomic E-state index is -4.86. The molecule has 1 saturated carbocycles. The highest BCUT2D eigenvalue weighted by molar-refractivity contribution is 6.02. The van der Waals surface area contributed by atoms with Crippen molar-refractivity contribution in [2.24, 2.45) is 0 Å². The van der Waals surface area contributed by atoms with Crippen LogP contribution in [-0.2, 0) is 11.0 Å². The third-order valence-corrected chi connectivity index (χ3v) is 11.5. The van der Waals surface area contributed by atoms with Gasteiger partial charge in [0.15, 0.2) is 5.82 Å². The fraction of sp³-hybridized carbons (Fsp3) is 0.474. The maximum Gasteiger partial charge on any atom is 0.417 e. The summed E-state index contributed by atoms with van der Waals surface area (Å²) in [5.41, 5.74) is 5.41. The number of aryl methyl sites for hydroxylation is 1. The van der Waals surface area contributed by atoms with Gasteiger partial charge in [0.2, 0.25) is 5.88 Å². The molecule has 4 aromatic heterocycles. The molecule has 9 rings (SSSR count). The van der Waals surface area contributed by atoms with Gasteiger partial charge in [0.05, 0.1) is 34.9 Å². The van der Waals surface area contributed by atoms with Crippen LogP contribution < -0.4 is 20.1 Å². The van der Waals surface area contributed by atoms with E-state index < -0.39 is 52.6 Å². The zero-order chi connectivity index (χ0) is 39.7. The number of nitrogens with zero attached hydrogens (tertiary/aromatic N) is 7. The van der Waals surface area contributed by atoms with E-state index in [0.717, 1.165) is 36.9 Å². The highest BCUT2D eigenvalue weighted by Gasteiger charge is 2.49. The SMILES string of the molecule is Cc1cc2[nH]ncc2c(-c2nc3c4c(nc(OC[C@@]56CCCN5C[C@H](F)C6)nc4c2F)N([C@H](C)c2cc(C4CC4)cnc2N)[C@@H](C)CO3)c1C(F)(F)F.O=CO. The molecule has 0 bridgehead atoms. The number of pyridine rings is 2. The van der Waals surface area contributed by atoms with Crippen molar-refractivity contribution in [1.82, 2.24) is 35.0 Å². The number of hydrogen-bond acceptors (Lipinski definition) is 11. The van der Waals surface area contributed by atoms with Gasteiger partial charge in [0.1, 0.15) is 47.6 Å². The van der Waals surface area contributed by atoms with E-state index >= 15 is 4.39 Å². The molecule has 4 N–H and O–H groups in total. The average Bonchev–Trinajstić information content (AvgIpc) is 3.69. The van der Waals surface area contributed by atoms with Crippen LogP contribution in [0.25, 0.3) is 33.1 Å². The van der Waals surface area contributed by atoms with Crippen LogP contribution in [-0.4, -0.2) is 90.7 Å². The second kappa shape index (κ2) is 14.0. The zero-order valence-electron chi connectivity index (χ0n) is 30.8. The van der Waals surface area contributed by atoms with Gasteiger partial charge in [-0.25, -0.2) is 18.7 Å². The topological polar surface area (TPSA) is 168 Å². The zero-order valence-corrected chi connectivity index (χ0v) is 30.8. The summed E-state index contributed by atoms with van der Waals surface area (Å²) >= 11 is 0. The number of halogens is 5. The third kappa shape index (κ3) is 6.36. The van der Waals surface area contributed by atoms with E-state index in [2.05, 4.69) is 30.0 Å². The molecule has 3 fully saturated rings. The number of H-pyrrole nitrogens is 1. The first-order chi connectivity index (χ1) is 26.7. The molecule has 296 valence electrons. The van der Waals surface area contributed by atoms with Crippen molar-refractivity contribution in [2.75, 3.05) is 36.9 Å². The quantitative estimate of drug-likeness (QED) is 0.116. The number of benzene rings is 1. The molecule has 0 amide bonds. The Morgan fingerprint density at radius 3 is 2.71 bits per heavy atom. The summed E-state index contributed by atoms with van der Waals surface area (Å²) in [5, 5.41) is 13.7. The largest absolute Gasteiger partial charge is 0.483 e. The van der Waals surface area contributed by atoms with Crippen LogP contribution in [0.2, 0.25) is 0 Å². The molecule has 56 heavy (non-hydrogen) atoms. The molecule has 4 atom stereocenters. The lowest BCUT2D eigenvalue weighted by atomic mass is 9.94. The van der Waals surface area contributed by atoms with Gasteiger partial charge in [0.25, 0.3) is 6.47 Å². The Hall–Kier alpha value is -5.39. The summed E-state index contributed by atoms with van der Waals surface area (Å²) in [5.74, 6) is -0.284. The Morgan fingerprint density at radius 1 is 1.21 bits per heavy atom. The van der Waals surface area contributed by atoms with Crippen LogP contribution >= 0.6 is 0 Å². The standard InChI is InChI=1S/C37H38F5N9O2.CH2O2/c1-17-9-25-24(13-45-49-25)26(28(17)37(40,41)42)30-29(39)31-27-33(48-35(47-31)53-16-36-7-4-8-50(36)14-22(38)11-36)51(18(2)15-52-34(27)46-30)19(3)23-10-21(20-5-6-20)12-44-32(23)43;2-1-3/h9-10,12-13,18-20,22H,4-8,11,14-16H2,1-3H3,(H2,43,44)(H,45,49);1H,(H,2,3)/t18-,19+,22+,36-;/m0./s1. The first kappa shape index (κ1) is 37.5. The summed E-state index contributed by atoms with van der Waals surface area (Å²) in [6.07, 6.45) is 1.14.